The zero-order valence-electron chi connectivity index (χ0n) is 13.8. The van der Waals surface area contributed by atoms with Crippen LogP contribution in [0.3, 0.4) is 0 Å². The molecule has 3 heteroatoms. The van der Waals surface area contributed by atoms with Crippen LogP contribution >= 0.6 is 0 Å². The first-order valence-corrected chi connectivity index (χ1v) is 8.26. The van der Waals surface area contributed by atoms with Crippen molar-refractivity contribution in [3.8, 4) is 11.1 Å². The third-order valence-corrected chi connectivity index (χ3v) is 4.13. The molecule has 0 saturated heterocycles. The second-order valence-corrected chi connectivity index (χ2v) is 5.83. The molecule has 25 heavy (non-hydrogen) atoms. The van der Waals surface area contributed by atoms with E-state index in [2.05, 4.69) is 12.1 Å². The van der Waals surface area contributed by atoms with Gasteiger partial charge in [0.15, 0.2) is 0 Å². The number of hydrogen-bond donors (Lipinski definition) is 1. The number of aliphatic hydroxyl groups is 1. The van der Waals surface area contributed by atoms with E-state index in [0.29, 0.717) is 5.56 Å². The van der Waals surface area contributed by atoms with E-state index in [1.807, 2.05) is 48.5 Å². The van der Waals surface area contributed by atoms with Crippen molar-refractivity contribution in [2.75, 3.05) is 13.2 Å². The van der Waals surface area contributed by atoms with Crippen LogP contribution in [0.5, 0.6) is 0 Å². The van der Waals surface area contributed by atoms with Crippen molar-refractivity contribution in [2.24, 2.45) is 0 Å². The molecule has 0 aliphatic rings. The highest BCUT2D eigenvalue weighted by atomic mass is 16.5. The molecular formula is C22H20O3. The summed E-state index contributed by atoms with van der Waals surface area (Å²) in [5, 5.41) is 9.66. The summed E-state index contributed by atoms with van der Waals surface area (Å²) < 4.78 is 5.35. The van der Waals surface area contributed by atoms with Crippen LogP contribution in [0.25, 0.3) is 11.1 Å². The fourth-order valence-electron chi connectivity index (χ4n) is 2.67. The normalized spacial score (nSPS) is 11.7. The van der Waals surface area contributed by atoms with E-state index in [1.165, 1.54) is 0 Å². The first kappa shape index (κ1) is 16.9. The quantitative estimate of drug-likeness (QED) is 0.685. The summed E-state index contributed by atoms with van der Waals surface area (Å²) in [7, 11) is 0. The Bertz CT molecular complexity index is 796. The van der Waals surface area contributed by atoms with E-state index >= 15 is 0 Å². The maximum absolute atomic E-state index is 12.0. The average Bonchev–Trinajstić information content (AvgIpc) is 2.70. The Hall–Kier alpha value is -2.91. The molecule has 3 rings (SSSR count). The lowest BCUT2D eigenvalue weighted by Crippen LogP contribution is -2.16. The summed E-state index contributed by atoms with van der Waals surface area (Å²) >= 11 is 0. The lowest BCUT2D eigenvalue weighted by molar-refractivity contribution is 0.0450. The number of esters is 1. The molecule has 0 aromatic heterocycles. The Labute approximate surface area is 147 Å². The average molecular weight is 332 g/mol. The molecule has 0 aliphatic carbocycles. The van der Waals surface area contributed by atoms with Gasteiger partial charge in [-0.2, -0.15) is 0 Å². The van der Waals surface area contributed by atoms with E-state index in [1.54, 1.807) is 24.3 Å². The summed E-state index contributed by atoms with van der Waals surface area (Å²) in [6, 6.07) is 27.0. The molecule has 0 fully saturated rings. The first-order valence-electron chi connectivity index (χ1n) is 8.26. The lowest BCUT2D eigenvalue weighted by Gasteiger charge is -2.15. The number of benzene rings is 3. The van der Waals surface area contributed by atoms with Gasteiger partial charge in [-0.3, -0.25) is 0 Å². The van der Waals surface area contributed by atoms with Gasteiger partial charge in [-0.25, -0.2) is 4.79 Å². The molecule has 0 amide bonds. The number of hydrogen-bond acceptors (Lipinski definition) is 3. The summed E-state index contributed by atoms with van der Waals surface area (Å²) in [5.74, 6) is -0.613. The number of ether oxygens (including phenoxy) is 1. The van der Waals surface area contributed by atoms with Crippen molar-refractivity contribution in [3.63, 3.8) is 0 Å². The molecule has 3 aromatic rings. The summed E-state index contributed by atoms with van der Waals surface area (Å²) in [6.07, 6.45) is 0. The molecule has 3 nitrogen and oxygen atoms in total. The molecule has 0 spiro atoms. The van der Waals surface area contributed by atoms with Gasteiger partial charge < -0.3 is 9.84 Å². The third-order valence-electron chi connectivity index (χ3n) is 4.13. The largest absolute Gasteiger partial charge is 0.461 e. The second kappa shape index (κ2) is 8.27. The molecule has 0 heterocycles. The van der Waals surface area contributed by atoms with Gasteiger partial charge in [0, 0.05) is 5.92 Å². The first-order chi connectivity index (χ1) is 12.3. The number of aliphatic hydroxyl groups excluding tert-OH is 1. The number of rotatable bonds is 6. The van der Waals surface area contributed by atoms with Crippen LogP contribution < -0.4 is 0 Å². The monoisotopic (exact) mass is 332 g/mol. The smallest absolute Gasteiger partial charge is 0.338 e. The Morgan fingerprint density at radius 2 is 1.36 bits per heavy atom. The van der Waals surface area contributed by atoms with E-state index in [4.69, 9.17) is 4.74 Å². The Morgan fingerprint density at radius 3 is 1.96 bits per heavy atom. The Balaban J connectivity index is 1.66. The van der Waals surface area contributed by atoms with Gasteiger partial charge in [-0.15, -0.1) is 0 Å². The fraction of sp³-hybridized carbons (Fsp3) is 0.136. The van der Waals surface area contributed by atoms with Crippen molar-refractivity contribution in [2.45, 2.75) is 5.92 Å². The van der Waals surface area contributed by atoms with Gasteiger partial charge >= 0.3 is 5.97 Å². The number of carbonyl (C=O) groups is 1. The van der Waals surface area contributed by atoms with E-state index < -0.39 is 0 Å². The standard InChI is InChI=1S/C22H20O3/c23-15-21(16-25-22(24)20-9-5-2-6-10-20)19-13-11-18(12-14-19)17-7-3-1-4-8-17/h1-14,21,23H,15-16H2/t21-/m1/s1. The van der Waals surface area contributed by atoms with Crippen LogP contribution in [0.15, 0.2) is 84.9 Å². The van der Waals surface area contributed by atoms with Crippen LogP contribution in [0.4, 0.5) is 0 Å². The highest BCUT2D eigenvalue weighted by Crippen LogP contribution is 2.23. The summed E-state index contributed by atoms with van der Waals surface area (Å²) in [5.41, 5.74) is 3.72. The molecule has 1 atom stereocenters. The summed E-state index contributed by atoms with van der Waals surface area (Å²) in [6.45, 7) is 0.0711. The van der Waals surface area contributed by atoms with Crippen molar-refractivity contribution < 1.29 is 14.6 Å². The molecule has 3 aromatic carbocycles. The van der Waals surface area contributed by atoms with Crippen LogP contribution in [0, 0.1) is 0 Å². The van der Waals surface area contributed by atoms with Crippen LogP contribution in [0.2, 0.25) is 0 Å². The van der Waals surface area contributed by atoms with Crippen molar-refractivity contribution in [1.82, 2.24) is 0 Å². The molecule has 0 saturated carbocycles. The van der Waals surface area contributed by atoms with Crippen molar-refractivity contribution in [3.05, 3.63) is 96.1 Å². The van der Waals surface area contributed by atoms with Crippen molar-refractivity contribution >= 4 is 5.97 Å². The Morgan fingerprint density at radius 1 is 0.800 bits per heavy atom. The number of carbonyl (C=O) groups excluding carboxylic acids is 1. The highest BCUT2D eigenvalue weighted by Gasteiger charge is 2.14. The van der Waals surface area contributed by atoms with Crippen LogP contribution in [-0.4, -0.2) is 24.3 Å². The molecule has 0 bridgehead atoms. The third kappa shape index (κ3) is 4.34. The molecule has 1 N–H and O–H groups in total. The summed E-state index contributed by atoms with van der Waals surface area (Å²) in [4.78, 5) is 12.0. The predicted molar refractivity (Wildman–Crippen MR) is 98.4 cm³/mol. The zero-order valence-corrected chi connectivity index (χ0v) is 13.8. The van der Waals surface area contributed by atoms with Gasteiger partial charge in [0.05, 0.1) is 12.2 Å². The second-order valence-electron chi connectivity index (χ2n) is 5.83. The molecule has 126 valence electrons. The van der Waals surface area contributed by atoms with E-state index in [0.717, 1.165) is 16.7 Å². The lowest BCUT2D eigenvalue weighted by atomic mass is 9.97. The molecule has 0 unspecified atom stereocenters. The topological polar surface area (TPSA) is 46.5 Å². The molecular weight excluding hydrogens is 312 g/mol. The molecule has 0 radical (unpaired) electrons. The van der Waals surface area contributed by atoms with Gasteiger partial charge in [0.2, 0.25) is 0 Å². The maximum atomic E-state index is 12.0. The highest BCUT2D eigenvalue weighted by molar-refractivity contribution is 5.89. The van der Waals surface area contributed by atoms with Gasteiger partial charge in [-0.1, -0.05) is 72.8 Å². The fourth-order valence-corrected chi connectivity index (χ4v) is 2.67. The maximum Gasteiger partial charge on any atom is 0.338 e. The van der Waals surface area contributed by atoms with Gasteiger partial charge in [-0.05, 0) is 28.8 Å². The van der Waals surface area contributed by atoms with Gasteiger partial charge in [0.25, 0.3) is 0 Å². The van der Waals surface area contributed by atoms with E-state index in [9.17, 15) is 9.90 Å². The minimum Gasteiger partial charge on any atom is -0.461 e. The van der Waals surface area contributed by atoms with Crippen LogP contribution in [-0.2, 0) is 4.74 Å². The molecule has 0 aliphatic heterocycles. The van der Waals surface area contributed by atoms with Crippen molar-refractivity contribution in [1.29, 1.82) is 0 Å². The minimum absolute atomic E-state index is 0.0766. The van der Waals surface area contributed by atoms with E-state index in [-0.39, 0.29) is 25.1 Å². The SMILES string of the molecule is O=C(OC[C@@H](CO)c1ccc(-c2ccccc2)cc1)c1ccccc1. The minimum atomic E-state index is -0.375. The Kier molecular flexibility index (Phi) is 5.60. The zero-order chi connectivity index (χ0) is 17.5. The van der Waals surface area contributed by atoms with Gasteiger partial charge in [0.1, 0.15) is 6.61 Å². The van der Waals surface area contributed by atoms with Crippen LogP contribution in [0.1, 0.15) is 21.8 Å². The predicted octanol–water partition coefficient (Wildman–Crippen LogP) is 4.29.